The summed E-state index contributed by atoms with van der Waals surface area (Å²) in [5.74, 6) is -1.70. The van der Waals surface area contributed by atoms with Gasteiger partial charge in [-0.05, 0) is 64.9 Å². The number of aromatic nitrogens is 1. The summed E-state index contributed by atoms with van der Waals surface area (Å²) in [6.07, 6.45) is 0.884. The molecule has 1 fully saturated rings. The minimum absolute atomic E-state index is 0.0318. The molecule has 1 N–H and O–H groups in total. The first-order valence-electron chi connectivity index (χ1n) is 12.2. The fourth-order valence-electron chi connectivity index (χ4n) is 4.55. The maximum absolute atomic E-state index is 13.5. The van der Waals surface area contributed by atoms with Crippen LogP contribution in [0.4, 0.5) is 5.13 Å². The lowest BCUT2D eigenvalue weighted by Gasteiger charge is -2.24. The number of carbonyl (C=O) groups excluding carboxylic acids is 2. The van der Waals surface area contributed by atoms with Crippen molar-refractivity contribution in [3.8, 4) is 0 Å². The molecule has 2 heterocycles. The van der Waals surface area contributed by atoms with Gasteiger partial charge >= 0.3 is 5.91 Å². The van der Waals surface area contributed by atoms with E-state index in [1.165, 1.54) is 21.8 Å². The Hall–Kier alpha value is -3.48. The summed E-state index contributed by atoms with van der Waals surface area (Å²) in [4.78, 5) is 33.1. The highest BCUT2D eigenvalue weighted by molar-refractivity contribution is 7.22. The van der Waals surface area contributed by atoms with Gasteiger partial charge in [0.1, 0.15) is 5.76 Å². The number of anilines is 1. The van der Waals surface area contributed by atoms with Gasteiger partial charge in [0.2, 0.25) is 0 Å². The van der Waals surface area contributed by atoms with Crippen LogP contribution in [0.3, 0.4) is 0 Å². The number of hydrogen-bond donors (Lipinski definition) is 1. The average molecular weight is 531 g/mol. The summed E-state index contributed by atoms with van der Waals surface area (Å²) in [5, 5.41) is 12.2. The van der Waals surface area contributed by atoms with E-state index in [1.807, 2.05) is 36.4 Å². The molecule has 5 nitrogen and oxygen atoms in total. The van der Waals surface area contributed by atoms with E-state index in [0.29, 0.717) is 15.7 Å². The lowest BCUT2D eigenvalue weighted by molar-refractivity contribution is -0.132. The largest absolute Gasteiger partial charge is 0.507 e. The molecular formula is C30H27ClN2O3S. The monoisotopic (exact) mass is 530 g/mol. The number of thiazole rings is 1. The number of amides is 1. The third-order valence-electron chi connectivity index (χ3n) is 6.71. The number of Topliss-reactive ketones (excluding diaryl/α,β-unsaturated/α-hetero) is 1. The summed E-state index contributed by atoms with van der Waals surface area (Å²) < 4.78 is 0.941. The number of halogens is 1. The zero-order chi connectivity index (χ0) is 26.5. The van der Waals surface area contributed by atoms with Crippen LogP contribution in [0.1, 0.15) is 56.0 Å². The average Bonchev–Trinajstić information content (AvgIpc) is 3.41. The van der Waals surface area contributed by atoms with Gasteiger partial charge in [-0.1, -0.05) is 81.0 Å². The molecule has 0 radical (unpaired) electrons. The lowest BCUT2D eigenvalue weighted by atomic mass is 9.85. The molecule has 0 saturated carbocycles. The molecule has 188 valence electrons. The molecule has 1 amide bonds. The molecular weight excluding hydrogens is 504 g/mol. The maximum atomic E-state index is 13.5. The van der Waals surface area contributed by atoms with Crippen molar-refractivity contribution in [1.29, 1.82) is 0 Å². The number of fused-ring (bicyclic) bond motifs is 1. The van der Waals surface area contributed by atoms with Gasteiger partial charge in [0, 0.05) is 10.6 Å². The van der Waals surface area contributed by atoms with Gasteiger partial charge < -0.3 is 5.11 Å². The molecule has 7 heteroatoms. The van der Waals surface area contributed by atoms with Crippen molar-refractivity contribution in [2.45, 2.75) is 45.6 Å². The normalized spacial score (nSPS) is 17.6. The van der Waals surface area contributed by atoms with Gasteiger partial charge in [0.05, 0.1) is 21.8 Å². The summed E-state index contributed by atoms with van der Waals surface area (Å²) >= 11 is 7.40. The van der Waals surface area contributed by atoms with Crippen LogP contribution in [0, 0.1) is 0 Å². The second-order valence-corrected chi connectivity index (χ2v) is 11.6. The van der Waals surface area contributed by atoms with Crippen LogP contribution in [-0.2, 0) is 21.4 Å². The van der Waals surface area contributed by atoms with E-state index in [2.05, 4.69) is 33.8 Å². The highest BCUT2D eigenvalue weighted by Gasteiger charge is 2.48. The van der Waals surface area contributed by atoms with Crippen LogP contribution in [0.2, 0.25) is 5.02 Å². The van der Waals surface area contributed by atoms with E-state index in [4.69, 9.17) is 16.6 Å². The van der Waals surface area contributed by atoms with Crippen molar-refractivity contribution < 1.29 is 14.7 Å². The third kappa shape index (κ3) is 4.56. The standard InChI is InChI=1S/C30H27ClN2O3S/c1-5-17-6-15-22-23(16-17)37-29(32-22)33-25(18-7-11-20(12-8-18)30(2,3)4)24(27(35)28(33)36)26(34)19-9-13-21(31)14-10-19/h6-16,25,34H,5H2,1-4H3. The number of aliphatic hydroxyl groups excluding tert-OH is 1. The van der Waals surface area contributed by atoms with Crippen molar-refractivity contribution in [3.05, 3.63) is 99.6 Å². The smallest absolute Gasteiger partial charge is 0.301 e. The van der Waals surface area contributed by atoms with Gasteiger partial charge in [-0.3, -0.25) is 14.5 Å². The summed E-state index contributed by atoms with van der Waals surface area (Å²) in [6, 6.07) is 19.6. The van der Waals surface area contributed by atoms with Gasteiger partial charge in [-0.25, -0.2) is 4.98 Å². The zero-order valence-electron chi connectivity index (χ0n) is 21.1. The Bertz CT molecular complexity index is 1550. The topological polar surface area (TPSA) is 70.5 Å². The van der Waals surface area contributed by atoms with Crippen LogP contribution >= 0.6 is 22.9 Å². The minimum Gasteiger partial charge on any atom is -0.507 e. The zero-order valence-corrected chi connectivity index (χ0v) is 22.7. The number of hydrogen-bond acceptors (Lipinski definition) is 5. The number of ketones is 1. The second-order valence-electron chi connectivity index (χ2n) is 10.2. The molecule has 1 saturated heterocycles. The number of carbonyl (C=O) groups is 2. The highest BCUT2D eigenvalue weighted by Crippen LogP contribution is 2.44. The molecule has 0 aliphatic carbocycles. The van der Waals surface area contributed by atoms with Crippen molar-refractivity contribution >= 4 is 55.7 Å². The molecule has 5 rings (SSSR count). The molecule has 4 aromatic rings. The SMILES string of the molecule is CCc1ccc2nc(N3C(=O)C(=O)C(=C(O)c4ccc(Cl)cc4)C3c3ccc(C(C)(C)C)cc3)sc2c1. The molecule has 3 aromatic carbocycles. The molecule has 1 aromatic heterocycles. The summed E-state index contributed by atoms with van der Waals surface area (Å²) in [6.45, 7) is 8.46. The van der Waals surface area contributed by atoms with Gasteiger partial charge in [-0.15, -0.1) is 0 Å². The van der Waals surface area contributed by atoms with E-state index in [9.17, 15) is 14.7 Å². The molecule has 0 bridgehead atoms. The molecule has 1 aliphatic rings. The Morgan fingerprint density at radius 3 is 2.32 bits per heavy atom. The van der Waals surface area contributed by atoms with E-state index in [1.54, 1.807) is 24.3 Å². The quantitative estimate of drug-likeness (QED) is 0.169. The number of benzene rings is 3. The van der Waals surface area contributed by atoms with Crippen LogP contribution in [0.15, 0.2) is 72.3 Å². The Morgan fingerprint density at radius 1 is 1.03 bits per heavy atom. The molecule has 1 aliphatic heterocycles. The Morgan fingerprint density at radius 2 is 1.70 bits per heavy atom. The second kappa shape index (κ2) is 9.43. The van der Waals surface area contributed by atoms with Crippen molar-refractivity contribution in [3.63, 3.8) is 0 Å². The lowest BCUT2D eigenvalue weighted by Crippen LogP contribution is -2.29. The van der Waals surface area contributed by atoms with Crippen LogP contribution in [0.25, 0.3) is 16.0 Å². The Kier molecular flexibility index (Phi) is 6.42. The van der Waals surface area contributed by atoms with Gasteiger partial charge in [0.25, 0.3) is 5.78 Å². The van der Waals surface area contributed by atoms with Crippen molar-refractivity contribution in [2.24, 2.45) is 0 Å². The molecule has 37 heavy (non-hydrogen) atoms. The minimum atomic E-state index is -0.823. The van der Waals surface area contributed by atoms with Crippen LogP contribution in [-0.4, -0.2) is 21.8 Å². The first kappa shape index (κ1) is 25.2. The summed E-state index contributed by atoms with van der Waals surface area (Å²) in [7, 11) is 0. The Balaban J connectivity index is 1.70. The number of aryl methyl sites for hydroxylation is 1. The first-order valence-corrected chi connectivity index (χ1v) is 13.3. The van der Waals surface area contributed by atoms with Gasteiger partial charge in [-0.2, -0.15) is 0 Å². The van der Waals surface area contributed by atoms with Crippen molar-refractivity contribution in [1.82, 2.24) is 4.98 Å². The predicted octanol–water partition coefficient (Wildman–Crippen LogP) is 7.44. The third-order valence-corrected chi connectivity index (χ3v) is 7.98. The van der Waals surface area contributed by atoms with E-state index in [0.717, 1.165) is 27.8 Å². The maximum Gasteiger partial charge on any atom is 0.301 e. The number of rotatable bonds is 4. The van der Waals surface area contributed by atoms with E-state index >= 15 is 0 Å². The molecule has 1 unspecified atom stereocenters. The predicted molar refractivity (Wildman–Crippen MR) is 150 cm³/mol. The van der Waals surface area contributed by atoms with Crippen molar-refractivity contribution in [2.75, 3.05) is 4.90 Å². The van der Waals surface area contributed by atoms with E-state index in [-0.39, 0.29) is 16.7 Å². The summed E-state index contributed by atoms with van der Waals surface area (Å²) in [5.41, 5.74) is 4.16. The molecule has 0 spiro atoms. The van der Waals surface area contributed by atoms with Crippen LogP contribution < -0.4 is 4.90 Å². The van der Waals surface area contributed by atoms with Gasteiger partial charge in [0.15, 0.2) is 5.13 Å². The fourth-order valence-corrected chi connectivity index (χ4v) is 5.74. The number of nitrogens with zero attached hydrogens (tertiary/aromatic N) is 2. The first-order chi connectivity index (χ1) is 17.6. The highest BCUT2D eigenvalue weighted by atomic mass is 35.5. The molecule has 1 atom stereocenters. The Labute approximate surface area is 225 Å². The number of aliphatic hydroxyl groups is 1. The van der Waals surface area contributed by atoms with E-state index < -0.39 is 17.7 Å². The van der Waals surface area contributed by atoms with Crippen LogP contribution in [0.5, 0.6) is 0 Å². The fraction of sp³-hybridized carbons (Fsp3) is 0.233.